The van der Waals surface area contributed by atoms with E-state index < -0.39 is 0 Å². The van der Waals surface area contributed by atoms with E-state index in [-0.39, 0.29) is 24.0 Å². The Balaban J connectivity index is 1.71. The van der Waals surface area contributed by atoms with Crippen LogP contribution in [0.15, 0.2) is 0 Å². The van der Waals surface area contributed by atoms with Crippen LogP contribution in [0.25, 0.3) is 0 Å². The fourth-order valence-electron chi connectivity index (χ4n) is 2.86. The van der Waals surface area contributed by atoms with E-state index in [0.29, 0.717) is 6.54 Å². The Morgan fingerprint density at radius 1 is 1.18 bits per heavy atom. The van der Waals surface area contributed by atoms with Crippen LogP contribution in [0.5, 0.6) is 0 Å². The van der Waals surface area contributed by atoms with E-state index in [0.717, 1.165) is 38.6 Å². The molecule has 1 saturated heterocycles. The van der Waals surface area contributed by atoms with Gasteiger partial charge in [0.1, 0.15) is 0 Å². The summed E-state index contributed by atoms with van der Waals surface area (Å²) in [4.78, 5) is 11.9. The van der Waals surface area contributed by atoms with Crippen molar-refractivity contribution in [2.24, 2.45) is 5.92 Å². The fraction of sp³-hybridized carbons (Fsp3) is 0.923. The molecule has 2 fully saturated rings. The third-order valence-corrected chi connectivity index (χ3v) is 4.03. The number of aliphatic hydroxyl groups is 1. The number of rotatable bonds is 3. The van der Waals surface area contributed by atoms with Gasteiger partial charge in [0.05, 0.1) is 12.1 Å². The zero-order chi connectivity index (χ0) is 12.1. The third-order valence-electron chi connectivity index (χ3n) is 4.03. The lowest BCUT2D eigenvalue weighted by Crippen LogP contribution is -2.48. The number of hydrogen-bond acceptors (Lipinski definition) is 3. The summed E-state index contributed by atoms with van der Waals surface area (Å²) in [7, 11) is 0. The van der Waals surface area contributed by atoms with Crippen LogP contribution in [0.4, 0.5) is 0 Å². The molecule has 0 radical (unpaired) electrons. The lowest BCUT2D eigenvalue weighted by molar-refractivity contribution is -0.124. The minimum atomic E-state index is -0.219. The summed E-state index contributed by atoms with van der Waals surface area (Å²) in [6, 6.07) is -0.00974. The van der Waals surface area contributed by atoms with Crippen LogP contribution < -0.4 is 10.6 Å². The number of aliphatic hydroxyl groups excluding tert-OH is 1. The molecule has 2 rings (SSSR count). The standard InChI is InChI=1S/C13H24N2O2/c16-12-7-2-1-5-10(12)9-15-13(17)11-6-3-4-8-14-11/h10-12,14,16H,1-9H2,(H,15,17)/t10?,11-,12?/m0/s1. The van der Waals surface area contributed by atoms with Crippen molar-refractivity contribution in [3.05, 3.63) is 0 Å². The fourth-order valence-corrected chi connectivity index (χ4v) is 2.86. The second-order valence-electron chi connectivity index (χ2n) is 5.36. The van der Waals surface area contributed by atoms with Gasteiger partial charge >= 0.3 is 0 Å². The van der Waals surface area contributed by atoms with Crippen LogP contribution in [0.3, 0.4) is 0 Å². The molecule has 2 unspecified atom stereocenters. The first-order valence-corrected chi connectivity index (χ1v) is 6.96. The molecule has 17 heavy (non-hydrogen) atoms. The Labute approximate surface area is 103 Å². The molecular formula is C13H24N2O2. The normalized spacial score (nSPS) is 34.3. The van der Waals surface area contributed by atoms with Crippen LogP contribution in [0.2, 0.25) is 0 Å². The zero-order valence-corrected chi connectivity index (χ0v) is 10.5. The first-order chi connectivity index (χ1) is 8.27. The Bertz CT molecular complexity index is 252. The van der Waals surface area contributed by atoms with Gasteiger partial charge < -0.3 is 15.7 Å². The lowest BCUT2D eigenvalue weighted by atomic mass is 9.86. The van der Waals surface area contributed by atoms with Crippen LogP contribution >= 0.6 is 0 Å². The van der Waals surface area contributed by atoms with E-state index in [1.54, 1.807) is 0 Å². The average molecular weight is 240 g/mol. The molecule has 4 nitrogen and oxygen atoms in total. The molecule has 2 aliphatic rings. The Kier molecular flexibility index (Phi) is 4.80. The number of amides is 1. The van der Waals surface area contributed by atoms with Crippen molar-refractivity contribution in [2.45, 2.75) is 57.1 Å². The molecule has 3 N–H and O–H groups in total. The van der Waals surface area contributed by atoms with Gasteiger partial charge in [0.15, 0.2) is 0 Å². The Morgan fingerprint density at radius 2 is 1.94 bits per heavy atom. The van der Waals surface area contributed by atoms with Crippen molar-refractivity contribution in [1.29, 1.82) is 0 Å². The van der Waals surface area contributed by atoms with Crippen molar-refractivity contribution < 1.29 is 9.90 Å². The average Bonchev–Trinajstić information content (AvgIpc) is 2.38. The molecule has 98 valence electrons. The maximum Gasteiger partial charge on any atom is 0.237 e. The number of nitrogens with one attached hydrogen (secondary N) is 2. The van der Waals surface area contributed by atoms with Crippen LogP contribution in [0, 0.1) is 5.92 Å². The minimum absolute atomic E-state index is 0.00974. The van der Waals surface area contributed by atoms with Gasteiger partial charge in [0.25, 0.3) is 0 Å². The lowest BCUT2D eigenvalue weighted by Gasteiger charge is -2.29. The summed E-state index contributed by atoms with van der Waals surface area (Å²) in [6.45, 7) is 1.59. The van der Waals surface area contributed by atoms with E-state index in [1.807, 2.05) is 0 Å². The molecular weight excluding hydrogens is 216 g/mol. The second kappa shape index (κ2) is 6.36. The highest BCUT2D eigenvalue weighted by molar-refractivity contribution is 5.81. The molecule has 1 heterocycles. The van der Waals surface area contributed by atoms with Gasteiger partial charge in [-0.15, -0.1) is 0 Å². The minimum Gasteiger partial charge on any atom is -0.393 e. The third kappa shape index (κ3) is 3.68. The number of hydrogen-bond donors (Lipinski definition) is 3. The Hall–Kier alpha value is -0.610. The molecule has 3 atom stereocenters. The number of piperidine rings is 1. The van der Waals surface area contributed by atoms with Crippen LogP contribution in [-0.2, 0) is 4.79 Å². The van der Waals surface area contributed by atoms with Gasteiger partial charge in [-0.1, -0.05) is 19.3 Å². The molecule has 1 amide bonds. The second-order valence-corrected chi connectivity index (χ2v) is 5.36. The van der Waals surface area contributed by atoms with E-state index in [1.165, 1.54) is 12.8 Å². The molecule has 0 aromatic rings. The largest absolute Gasteiger partial charge is 0.393 e. The predicted octanol–water partition coefficient (Wildman–Crippen LogP) is 0.796. The zero-order valence-electron chi connectivity index (χ0n) is 10.5. The summed E-state index contributed by atoms with van der Waals surface area (Å²) in [5, 5.41) is 16.1. The van der Waals surface area contributed by atoms with Crippen molar-refractivity contribution in [3.8, 4) is 0 Å². The quantitative estimate of drug-likeness (QED) is 0.683. The topological polar surface area (TPSA) is 61.4 Å². The molecule has 1 saturated carbocycles. The predicted molar refractivity (Wildman–Crippen MR) is 66.6 cm³/mol. The summed E-state index contributed by atoms with van der Waals surface area (Å²) < 4.78 is 0. The molecule has 0 bridgehead atoms. The van der Waals surface area contributed by atoms with Gasteiger partial charge in [-0.2, -0.15) is 0 Å². The molecule has 1 aliphatic carbocycles. The van der Waals surface area contributed by atoms with Gasteiger partial charge in [0.2, 0.25) is 5.91 Å². The molecule has 0 aromatic carbocycles. The van der Waals surface area contributed by atoms with Crippen molar-refractivity contribution in [3.63, 3.8) is 0 Å². The van der Waals surface area contributed by atoms with Crippen molar-refractivity contribution in [1.82, 2.24) is 10.6 Å². The van der Waals surface area contributed by atoms with E-state index in [2.05, 4.69) is 10.6 Å². The highest BCUT2D eigenvalue weighted by Gasteiger charge is 2.25. The van der Waals surface area contributed by atoms with Crippen LogP contribution in [0.1, 0.15) is 44.9 Å². The SMILES string of the molecule is O=C(NCC1CCCCC1O)[C@@H]1CCCCN1. The van der Waals surface area contributed by atoms with E-state index >= 15 is 0 Å². The van der Waals surface area contributed by atoms with Crippen molar-refractivity contribution >= 4 is 5.91 Å². The number of carbonyl (C=O) groups excluding carboxylic acids is 1. The summed E-state index contributed by atoms with van der Waals surface area (Å²) in [5.74, 6) is 0.374. The molecule has 4 heteroatoms. The van der Waals surface area contributed by atoms with E-state index in [9.17, 15) is 9.90 Å². The van der Waals surface area contributed by atoms with E-state index in [4.69, 9.17) is 0 Å². The number of carbonyl (C=O) groups is 1. The van der Waals surface area contributed by atoms with Gasteiger partial charge in [0, 0.05) is 12.5 Å². The maximum absolute atomic E-state index is 11.9. The summed E-state index contributed by atoms with van der Waals surface area (Å²) in [5.41, 5.74) is 0. The smallest absolute Gasteiger partial charge is 0.237 e. The summed E-state index contributed by atoms with van der Waals surface area (Å²) >= 11 is 0. The van der Waals surface area contributed by atoms with Crippen LogP contribution in [-0.4, -0.2) is 36.2 Å². The first-order valence-electron chi connectivity index (χ1n) is 6.96. The highest BCUT2D eigenvalue weighted by Crippen LogP contribution is 2.23. The van der Waals surface area contributed by atoms with Gasteiger partial charge in [-0.05, 0) is 32.2 Å². The molecule has 0 aromatic heterocycles. The Morgan fingerprint density at radius 3 is 2.65 bits per heavy atom. The molecule has 0 spiro atoms. The van der Waals surface area contributed by atoms with Crippen molar-refractivity contribution in [2.75, 3.05) is 13.1 Å². The summed E-state index contributed by atoms with van der Waals surface area (Å²) in [6.07, 6.45) is 7.27. The highest BCUT2D eigenvalue weighted by atomic mass is 16.3. The maximum atomic E-state index is 11.9. The van der Waals surface area contributed by atoms with Gasteiger partial charge in [-0.25, -0.2) is 0 Å². The molecule has 1 aliphatic heterocycles. The monoisotopic (exact) mass is 240 g/mol. The first kappa shape index (κ1) is 12.8. The van der Waals surface area contributed by atoms with Gasteiger partial charge in [-0.3, -0.25) is 4.79 Å².